The molecule has 0 aliphatic rings. The van der Waals surface area contributed by atoms with E-state index in [1.165, 1.54) is 4.90 Å². The summed E-state index contributed by atoms with van der Waals surface area (Å²) in [6.07, 6.45) is 0. The zero-order chi connectivity index (χ0) is 21.8. The maximum Gasteiger partial charge on any atom is 0.254 e. The minimum absolute atomic E-state index is 0.0923. The molecule has 1 aromatic heterocycles. The third-order valence-electron chi connectivity index (χ3n) is 5.28. The molecule has 6 nitrogen and oxygen atoms in total. The zero-order valence-electron chi connectivity index (χ0n) is 17.9. The number of hydrogen-bond donors (Lipinski definition) is 0. The Morgan fingerprint density at radius 2 is 1.60 bits per heavy atom. The quantitative estimate of drug-likeness (QED) is 0.539. The number of likely N-dealkylation sites (N-methyl/N-ethyl adjacent to an activating group) is 1. The van der Waals surface area contributed by atoms with E-state index in [1.807, 2.05) is 32.9 Å². The average molecular weight is 406 g/mol. The van der Waals surface area contributed by atoms with Gasteiger partial charge in [0.25, 0.3) is 5.91 Å². The summed E-state index contributed by atoms with van der Waals surface area (Å²) < 4.78 is 10.9. The van der Waals surface area contributed by atoms with Crippen LogP contribution in [0.4, 0.5) is 0 Å². The third kappa shape index (κ3) is 4.59. The lowest BCUT2D eigenvalue weighted by Gasteiger charge is -2.24. The van der Waals surface area contributed by atoms with Gasteiger partial charge in [0.15, 0.2) is 5.78 Å². The molecule has 0 N–H and O–H groups in total. The van der Waals surface area contributed by atoms with Crippen molar-refractivity contribution in [3.8, 4) is 5.75 Å². The molecule has 1 amide bonds. The van der Waals surface area contributed by atoms with Gasteiger partial charge in [0.2, 0.25) is 0 Å². The predicted molar refractivity (Wildman–Crippen MR) is 114 cm³/mol. The molecule has 0 saturated heterocycles. The fraction of sp³-hybridized carbons (Fsp3) is 0.292. The standard InChI is InChI=1S/C24H26N2O4/c1-15-6-8-19(9-7-15)23(27)17(3)26(5)24(28)20-10-12-21(13-11-20)29-14-22-16(2)25-30-18(22)4/h6-13,17H,14H2,1-5H3. The van der Waals surface area contributed by atoms with E-state index in [1.54, 1.807) is 50.4 Å². The molecule has 3 aromatic rings. The van der Waals surface area contributed by atoms with Crippen molar-refractivity contribution in [1.82, 2.24) is 10.1 Å². The van der Waals surface area contributed by atoms with E-state index in [0.717, 1.165) is 22.6 Å². The molecule has 156 valence electrons. The molecule has 0 saturated carbocycles. The summed E-state index contributed by atoms with van der Waals surface area (Å²) in [5.74, 6) is 1.05. The highest BCUT2D eigenvalue weighted by Gasteiger charge is 2.24. The molecule has 0 bridgehead atoms. The Kier molecular flexibility index (Phi) is 6.35. The summed E-state index contributed by atoms with van der Waals surface area (Å²) in [5.41, 5.74) is 3.88. The van der Waals surface area contributed by atoms with E-state index in [-0.39, 0.29) is 11.7 Å². The molecule has 6 heteroatoms. The monoisotopic (exact) mass is 406 g/mol. The van der Waals surface area contributed by atoms with Crippen LogP contribution in [0.1, 0.15) is 50.2 Å². The van der Waals surface area contributed by atoms with Crippen molar-refractivity contribution in [1.29, 1.82) is 0 Å². The zero-order valence-corrected chi connectivity index (χ0v) is 17.9. The lowest BCUT2D eigenvalue weighted by atomic mass is 10.0. The molecular formula is C24H26N2O4. The lowest BCUT2D eigenvalue weighted by Crippen LogP contribution is -2.40. The van der Waals surface area contributed by atoms with Crippen LogP contribution in [0.15, 0.2) is 53.1 Å². The Bertz CT molecular complexity index is 1020. The summed E-state index contributed by atoms with van der Waals surface area (Å²) in [6, 6.07) is 13.7. The first-order valence-electron chi connectivity index (χ1n) is 9.80. The average Bonchev–Trinajstić information content (AvgIpc) is 3.08. The fourth-order valence-corrected chi connectivity index (χ4v) is 3.07. The number of amides is 1. The molecule has 1 heterocycles. The number of hydrogen-bond acceptors (Lipinski definition) is 5. The van der Waals surface area contributed by atoms with E-state index < -0.39 is 6.04 Å². The van der Waals surface area contributed by atoms with Crippen molar-refractivity contribution in [2.24, 2.45) is 0 Å². The number of aromatic nitrogens is 1. The molecule has 1 atom stereocenters. The molecule has 0 fully saturated rings. The van der Waals surface area contributed by atoms with Crippen LogP contribution < -0.4 is 4.74 Å². The second-order valence-corrected chi connectivity index (χ2v) is 7.44. The van der Waals surface area contributed by atoms with Gasteiger partial charge < -0.3 is 14.2 Å². The third-order valence-corrected chi connectivity index (χ3v) is 5.28. The number of ether oxygens (including phenoxy) is 1. The molecule has 0 spiro atoms. The summed E-state index contributed by atoms with van der Waals surface area (Å²) in [5, 5.41) is 3.91. The first-order chi connectivity index (χ1) is 14.3. The summed E-state index contributed by atoms with van der Waals surface area (Å²) >= 11 is 0. The minimum Gasteiger partial charge on any atom is -0.489 e. The van der Waals surface area contributed by atoms with Gasteiger partial charge in [-0.05, 0) is 52.0 Å². The highest BCUT2D eigenvalue weighted by atomic mass is 16.5. The van der Waals surface area contributed by atoms with Crippen LogP contribution in [0, 0.1) is 20.8 Å². The molecule has 0 aliphatic heterocycles. The largest absolute Gasteiger partial charge is 0.489 e. The highest BCUT2D eigenvalue weighted by Crippen LogP contribution is 2.19. The van der Waals surface area contributed by atoms with Gasteiger partial charge in [-0.25, -0.2) is 0 Å². The Morgan fingerprint density at radius 3 is 2.17 bits per heavy atom. The van der Waals surface area contributed by atoms with Crippen LogP contribution in [0.25, 0.3) is 0 Å². The molecule has 2 aromatic carbocycles. The predicted octanol–water partition coefficient (Wildman–Crippen LogP) is 4.52. The number of Topliss-reactive ketones (excluding diaryl/α,β-unsaturated/α-hetero) is 1. The Morgan fingerprint density at radius 1 is 1.00 bits per heavy atom. The van der Waals surface area contributed by atoms with E-state index >= 15 is 0 Å². The number of ketones is 1. The molecule has 0 aliphatic carbocycles. The van der Waals surface area contributed by atoms with Crippen LogP contribution in [0.3, 0.4) is 0 Å². The maximum atomic E-state index is 12.8. The number of benzene rings is 2. The number of aryl methyl sites for hydroxylation is 3. The van der Waals surface area contributed by atoms with E-state index in [2.05, 4.69) is 5.16 Å². The first kappa shape index (κ1) is 21.3. The summed E-state index contributed by atoms with van der Waals surface area (Å²) in [4.78, 5) is 27.0. The van der Waals surface area contributed by atoms with Crippen molar-refractivity contribution in [3.05, 3.63) is 82.2 Å². The maximum absolute atomic E-state index is 12.8. The Labute approximate surface area is 176 Å². The molecule has 3 rings (SSSR count). The van der Waals surface area contributed by atoms with Gasteiger partial charge in [-0.15, -0.1) is 0 Å². The van der Waals surface area contributed by atoms with Gasteiger partial charge in [0.1, 0.15) is 18.1 Å². The van der Waals surface area contributed by atoms with Gasteiger partial charge in [0.05, 0.1) is 17.3 Å². The molecule has 0 radical (unpaired) electrons. The van der Waals surface area contributed by atoms with Crippen LogP contribution in [-0.2, 0) is 6.61 Å². The summed E-state index contributed by atoms with van der Waals surface area (Å²) in [7, 11) is 1.64. The molecule has 30 heavy (non-hydrogen) atoms. The highest BCUT2D eigenvalue weighted by molar-refractivity contribution is 6.04. The van der Waals surface area contributed by atoms with Crippen molar-refractivity contribution >= 4 is 11.7 Å². The van der Waals surface area contributed by atoms with Gasteiger partial charge in [0, 0.05) is 18.2 Å². The number of carbonyl (C=O) groups is 2. The topological polar surface area (TPSA) is 72.6 Å². The SMILES string of the molecule is Cc1ccc(C(=O)C(C)N(C)C(=O)c2ccc(OCc3c(C)noc3C)cc2)cc1. The Hall–Kier alpha value is -3.41. The Balaban J connectivity index is 1.64. The minimum atomic E-state index is -0.573. The van der Waals surface area contributed by atoms with Crippen molar-refractivity contribution in [2.45, 2.75) is 40.3 Å². The van der Waals surface area contributed by atoms with Gasteiger partial charge >= 0.3 is 0 Å². The number of nitrogens with zero attached hydrogens (tertiary/aromatic N) is 2. The number of carbonyl (C=O) groups excluding carboxylic acids is 2. The molecular weight excluding hydrogens is 380 g/mol. The second-order valence-electron chi connectivity index (χ2n) is 7.44. The van der Waals surface area contributed by atoms with Crippen LogP contribution in [0.2, 0.25) is 0 Å². The first-order valence-corrected chi connectivity index (χ1v) is 9.80. The smallest absolute Gasteiger partial charge is 0.254 e. The number of rotatable bonds is 7. The van der Waals surface area contributed by atoms with Crippen LogP contribution in [0.5, 0.6) is 5.75 Å². The van der Waals surface area contributed by atoms with E-state index in [9.17, 15) is 9.59 Å². The van der Waals surface area contributed by atoms with Gasteiger partial charge in [-0.1, -0.05) is 35.0 Å². The van der Waals surface area contributed by atoms with Crippen molar-refractivity contribution in [3.63, 3.8) is 0 Å². The van der Waals surface area contributed by atoms with Crippen molar-refractivity contribution < 1.29 is 18.8 Å². The lowest BCUT2D eigenvalue weighted by molar-refractivity contribution is 0.0675. The second kappa shape index (κ2) is 8.95. The van der Waals surface area contributed by atoms with Gasteiger partial charge in [-0.2, -0.15) is 0 Å². The van der Waals surface area contributed by atoms with E-state index in [4.69, 9.17) is 9.26 Å². The summed E-state index contributed by atoms with van der Waals surface area (Å²) in [6.45, 7) is 7.76. The van der Waals surface area contributed by atoms with Gasteiger partial charge in [-0.3, -0.25) is 9.59 Å². The van der Waals surface area contributed by atoms with Crippen LogP contribution >= 0.6 is 0 Å². The van der Waals surface area contributed by atoms with Crippen LogP contribution in [-0.4, -0.2) is 34.8 Å². The van der Waals surface area contributed by atoms with Crippen molar-refractivity contribution in [2.75, 3.05) is 7.05 Å². The van der Waals surface area contributed by atoms with E-state index in [0.29, 0.717) is 23.5 Å². The normalized spacial score (nSPS) is 11.8. The fourth-order valence-electron chi connectivity index (χ4n) is 3.07. The molecule has 1 unspecified atom stereocenters.